The Kier molecular flexibility index (Phi) is 14.1. The number of carbonyl (C=O) groups is 2. The topological polar surface area (TPSA) is 89.6 Å². The highest BCUT2D eigenvalue weighted by Gasteiger charge is 2.13. The van der Waals surface area contributed by atoms with E-state index in [-0.39, 0.29) is 18.8 Å². The maximum Gasteiger partial charge on any atom is 0.320 e. The van der Waals surface area contributed by atoms with Gasteiger partial charge in [-0.15, -0.1) is 0 Å². The fourth-order valence-corrected chi connectivity index (χ4v) is 2.24. The van der Waals surface area contributed by atoms with E-state index in [1.54, 1.807) is 0 Å². The zero-order valence-electron chi connectivity index (χ0n) is 14.0. The molecule has 0 heterocycles. The molecule has 0 spiro atoms. The molecule has 0 aliphatic heterocycles. The van der Waals surface area contributed by atoms with Crippen LogP contribution in [0.5, 0.6) is 0 Å². The quantitative estimate of drug-likeness (QED) is 0.356. The number of hydrogen-bond acceptors (Lipinski definition) is 4. The molecule has 0 aromatic rings. The second-order valence-electron chi connectivity index (χ2n) is 5.89. The first-order valence-corrected chi connectivity index (χ1v) is 8.72. The Bertz CT molecular complexity index is 294. The number of aliphatic carboxylic acids is 1. The van der Waals surface area contributed by atoms with E-state index in [1.165, 1.54) is 51.4 Å². The van der Waals surface area contributed by atoms with Gasteiger partial charge in [0.25, 0.3) is 0 Å². The third-order valence-electron chi connectivity index (χ3n) is 3.74. The first-order valence-electron chi connectivity index (χ1n) is 8.72. The normalized spacial score (nSPS) is 12.1. The van der Waals surface area contributed by atoms with Gasteiger partial charge in [0.1, 0.15) is 6.04 Å². The second kappa shape index (κ2) is 14.8. The summed E-state index contributed by atoms with van der Waals surface area (Å²) in [6.07, 6.45) is 12.6. The van der Waals surface area contributed by atoms with Crippen molar-refractivity contribution in [2.75, 3.05) is 6.61 Å². The average molecular weight is 315 g/mol. The predicted octanol–water partition coefficient (Wildman–Crippen LogP) is 3.64. The smallest absolute Gasteiger partial charge is 0.320 e. The highest BCUT2D eigenvalue weighted by molar-refractivity contribution is 5.75. The monoisotopic (exact) mass is 315 g/mol. The molecule has 1 atom stereocenters. The molecule has 0 rings (SSSR count). The van der Waals surface area contributed by atoms with Crippen LogP contribution in [0.1, 0.15) is 84.0 Å². The molecular weight excluding hydrogens is 282 g/mol. The van der Waals surface area contributed by atoms with Gasteiger partial charge in [0.2, 0.25) is 0 Å². The Hall–Kier alpha value is -1.10. The summed E-state index contributed by atoms with van der Waals surface area (Å²) >= 11 is 0. The van der Waals surface area contributed by atoms with Gasteiger partial charge in [0, 0.05) is 6.42 Å². The third-order valence-corrected chi connectivity index (χ3v) is 3.74. The van der Waals surface area contributed by atoms with Crippen molar-refractivity contribution >= 4 is 11.9 Å². The predicted molar refractivity (Wildman–Crippen MR) is 87.6 cm³/mol. The molecule has 5 heteroatoms. The van der Waals surface area contributed by atoms with Crippen molar-refractivity contribution in [1.82, 2.24) is 0 Å². The van der Waals surface area contributed by atoms with Crippen molar-refractivity contribution in [2.24, 2.45) is 5.73 Å². The number of esters is 1. The van der Waals surface area contributed by atoms with E-state index >= 15 is 0 Å². The molecule has 0 aromatic carbocycles. The molecule has 0 fully saturated rings. The minimum atomic E-state index is -1.08. The van der Waals surface area contributed by atoms with Gasteiger partial charge < -0.3 is 15.6 Å². The number of ether oxygens (including phenoxy) is 1. The minimum absolute atomic E-state index is 0.0746. The Balaban J connectivity index is 3.25. The average Bonchev–Trinajstić information content (AvgIpc) is 2.50. The van der Waals surface area contributed by atoms with Crippen LogP contribution in [-0.4, -0.2) is 29.7 Å². The summed E-state index contributed by atoms with van der Waals surface area (Å²) in [6.45, 7) is 2.66. The van der Waals surface area contributed by atoms with Gasteiger partial charge in [-0.25, -0.2) is 0 Å². The molecule has 130 valence electrons. The van der Waals surface area contributed by atoms with E-state index in [0.29, 0.717) is 6.61 Å². The van der Waals surface area contributed by atoms with Gasteiger partial charge in [-0.2, -0.15) is 0 Å². The van der Waals surface area contributed by atoms with E-state index in [2.05, 4.69) is 6.92 Å². The molecule has 0 aliphatic carbocycles. The largest absolute Gasteiger partial charge is 0.480 e. The number of hydrogen-bond donors (Lipinski definition) is 2. The van der Waals surface area contributed by atoms with E-state index in [9.17, 15) is 9.59 Å². The zero-order valence-corrected chi connectivity index (χ0v) is 14.0. The van der Waals surface area contributed by atoms with Gasteiger partial charge in [-0.3, -0.25) is 9.59 Å². The second-order valence-corrected chi connectivity index (χ2v) is 5.89. The van der Waals surface area contributed by atoms with Crippen LogP contribution in [0.2, 0.25) is 0 Å². The lowest BCUT2D eigenvalue weighted by atomic mass is 10.1. The molecule has 22 heavy (non-hydrogen) atoms. The van der Waals surface area contributed by atoms with Gasteiger partial charge in [-0.1, -0.05) is 64.7 Å². The summed E-state index contributed by atoms with van der Waals surface area (Å²) in [5.41, 5.74) is 5.32. The van der Waals surface area contributed by atoms with Crippen molar-refractivity contribution in [3.05, 3.63) is 0 Å². The van der Waals surface area contributed by atoms with Gasteiger partial charge in [-0.05, 0) is 12.8 Å². The van der Waals surface area contributed by atoms with E-state index in [1.807, 2.05) is 0 Å². The third kappa shape index (κ3) is 13.9. The molecule has 0 aliphatic rings. The van der Waals surface area contributed by atoms with E-state index in [4.69, 9.17) is 15.6 Å². The minimum Gasteiger partial charge on any atom is -0.480 e. The van der Waals surface area contributed by atoms with Crippen LogP contribution in [0.25, 0.3) is 0 Å². The molecule has 0 bridgehead atoms. The first kappa shape index (κ1) is 20.9. The molecular formula is C17H33NO4. The molecule has 1 unspecified atom stereocenters. The maximum absolute atomic E-state index is 11.4. The lowest BCUT2D eigenvalue weighted by molar-refractivity contribution is -0.144. The molecule has 3 N–H and O–H groups in total. The van der Waals surface area contributed by atoms with Crippen molar-refractivity contribution in [3.63, 3.8) is 0 Å². The van der Waals surface area contributed by atoms with Crippen LogP contribution < -0.4 is 5.73 Å². The lowest BCUT2D eigenvalue weighted by Crippen LogP contribution is -2.30. The van der Waals surface area contributed by atoms with Crippen molar-refractivity contribution < 1.29 is 19.4 Å². The van der Waals surface area contributed by atoms with Crippen LogP contribution in [0, 0.1) is 0 Å². The van der Waals surface area contributed by atoms with Crippen LogP contribution in [0.15, 0.2) is 0 Å². The Morgan fingerprint density at radius 1 is 0.955 bits per heavy atom. The van der Waals surface area contributed by atoms with Crippen molar-refractivity contribution in [2.45, 2.75) is 90.0 Å². The Morgan fingerprint density at radius 2 is 1.45 bits per heavy atom. The number of nitrogens with two attached hydrogens (primary N) is 1. The highest BCUT2D eigenvalue weighted by atomic mass is 16.5. The number of rotatable bonds is 15. The fraction of sp³-hybridized carbons (Fsp3) is 0.882. The van der Waals surface area contributed by atoms with E-state index < -0.39 is 12.0 Å². The van der Waals surface area contributed by atoms with Gasteiger partial charge >= 0.3 is 11.9 Å². The number of unbranched alkanes of at least 4 members (excludes halogenated alkanes) is 9. The number of carbonyl (C=O) groups excluding carboxylic acids is 1. The van der Waals surface area contributed by atoms with Gasteiger partial charge in [0.05, 0.1) is 6.61 Å². The number of carboxylic acid groups (broad SMARTS) is 1. The SMILES string of the molecule is CCCCCCCCCCCCOC(=O)CCC(N)C(=O)O. The summed E-state index contributed by atoms with van der Waals surface area (Å²) in [4.78, 5) is 21.9. The first-order chi connectivity index (χ1) is 10.6. The molecule has 0 saturated heterocycles. The highest BCUT2D eigenvalue weighted by Crippen LogP contribution is 2.10. The van der Waals surface area contributed by atoms with Crippen molar-refractivity contribution in [1.29, 1.82) is 0 Å². The number of carboxylic acids is 1. The van der Waals surface area contributed by atoms with Crippen LogP contribution in [-0.2, 0) is 14.3 Å². The summed E-state index contributed by atoms with van der Waals surface area (Å²) in [5, 5.41) is 8.59. The van der Waals surface area contributed by atoms with Crippen molar-refractivity contribution in [3.8, 4) is 0 Å². The fourth-order valence-electron chi connectivity index (χ4n) is 2.24. The standard InChI is InChI=1S/C17H33NO4/c1-2-3-4-5-6-7-8-9-10-11-14-22-16(19)13-12-15(18)17(20)21/h15H,2-14,18H2,1H3,(H,20,21). The maximum atomic E-state index is 11.4. The summed E-state index contributed by atoms with van der Waals surface area (Å²) in [5.74, 6) is -1.44. The summed E-state index contributed by atoms with van der Waals surface area (Å²) in [7, 11) is 0. The summed E-state index contributed by atoms with van der Waals surface area (Å²) < 4.78 is 5.06. The Morgan fingerprint density at radius 3 is 1.95 bits per heavy atom. The molecule has 5 nitrogen and oxygen atoms in total. The Labute approximate surface area is 134 Å². The zero-order chi connectivity index (χ0) is 16.6. The molecule has 0 saturated carbocycles. The van der Waals surface area contributed by atoms with Crippen LogP contribution in [0.3, 0.4) is 0 Å². The summed E-state index contributed by atoms with van der Waals surface area (Å²) in [6, 6.07) is -0.982. The molecule has 0 radical (unpaired) electrons. The van der Waals surface area contributed by atoms with E-state index in [0.717, 1.165) is 12.8 Å². The lowest BCUT2D eigenvalue weighted by Gasteiger charge is -2.07. The molecule has 0 aromatic heterocycles. The van der Waals surface area contributed by atoms with Gasteiger partial charge in [0.15, 0.2) is 0 Å². The molecule has 0 amide bonds. The van der Waals surface area contributed by atoms with Crippen LogP contribution >= 0.6 is 0 Å². The van der Waals surface area contributed by atoms with Crippen LogP contribution in [0.4, 0.5) is 0 Å².